The lowest BCUT2D eigenvalue weighted by Gasteiger charge is -2.53. The van der Waals surface area contributed by atoms with Gasteiger partial charge in [0, 0.05) is 68.7 Å². The minimum Gasteiger partial charge on any atom is -0.475 e. The van der Waals surface area contributed by atoms with Crippen molar-refractivity contribution in [3.05, 3.63) is 48.6 Å². The molecule has 364 valence electrons. The van der Waals surface area contributed by atoms with E-state index in [1.165, 1.54) is 12.4 Å². The van der Waals surface area contributed by atoms with E-state index in [9.17, 15) is 57.9 Å². The first-order chi connectivity index (χ1) is 30.5. The number of carboxylic acid groups (broad SMARTS) is 3. The van der Waals surface area contributed by atoms with E-state index in [0.717, 1.165) is 35.1 Å². The summed E-state index contributed by atoms with van der Waals surface area (Å²) in [5, 5.41) is 36.6. The predicted octanol–water partition coefficient (Wildman–Crippen LogP) is 5.92. The van der Waals surface area contributed by atoms with Gasteiger partial charge in [0.05, 0.1) is 36.7 Å². The van der Waals surface area contributed by atoms with Gasteiger partial charge in [0.2, 0.25) is 11.7 Å². The number of nitrogens with one attached hydrogen (secondary N) is 1. The Balaban J connectivity index is 0.000000457. The number of aromatic amines is 1. The van der Waals surface area contributed by atoms with Gasteiger partial charge in [0.1, 0.15) is 23.6 Å². The monoisotopic (exact) mass is 966 g/mol. The molecule has 1 saturated heterocycles. The zero-order chi connectivity index (χ0) is 49.8. The van der Waals surface area contributed by atoms with Crippen molar-refractivity contribution in [2.75, 3.05) is 40.4 Å². The second-order valence-electron chi connectivity index (χ2n) is 14.3. The van der Waals surface area contributed by atoms with E-state index >= 15 is 0 Å². The van der Waals surface area contributed by atoms with Crippen LogP contribution in [-0.2, 0) is 37.4 Å². The van der Waals surface area contributed by atoms with Crippen molar-refractivity contribution < 1.29 is 91.9 Å². The van der Waals surface area contributed by atoms with E-state index in [-0.39, 0.29) is 30.3 Å². The Morgan fingerprint density at radius 2 is 1.47 bits per heavy atom. The summed E-state index contributed by atoms with van der Waals surface area (Å²) in [5.41, 5.74) is 2.20. The van der Waals surface area contributed by atoms with Crippen molar-refractivity contribution in [3.8, 4) is 23.2 Å². The number of hydrogen-bond acceptors (Lipinski definition) is 13. The summed E-state index contributed by atoms with van der Waals surface area (Å²) >= 11 is 0. The van der Waals surface area contributed by atoms with E-state index < -0.39 is 54.0 Å². The highest BCUT2D eigenvalue weighted by molar-refractivity contribution is 5.90. The maximum Gasteiger partial charge on any atom is 0.490 e. The van der Waals surface area contributed by atoms with Crippen LogP contribution in [0.4, 0.5) is 52.7 Å². The highest BCUT2D eigenvalue weighted by atomic mass is 19.4. The van der Waals surface area contributed by atoms with Gasteiger partial charge in [0.15, 0.2) is 0 Å². The molecule has 4 aromatic heterocycles. The van der Waals surface area contributed by atoms with E-state index in [2.05, 4.69) is 41.0 Å². The molecule has 30 heteroatoms. The Morgan fingerprint density at radius 1 is 0.909 bits per heavy atom. The fourth-order valence-electron chi connectivity index (χ4n) is 6.30. The minimum absolute atomic E-state index is 0.0528. The lowest BCUT2D eigenvalue weighted by molar-refractivity contribution is -0.193. The SMILES string of the molecule is COCCN(C)Cc1cc(O[C@H]2CC[C@@H](N3CC(CC#N)(n4cc(-c5ncnc6[nH]ccc56)cn4)C3)CC2)nc(C(F)(F)F)n1.O=C(O)C(F)(F)F.O=C(O)C(F)(F)F.O=C(O)C(F)(F)F. The number of carboxylic acids is 3. The Bertz CT molecular complexity index is 2220. The molecule has 66 heavy (non-hydrogen) atoms. The molecule has 4 N–H and O–H groups in total. The summed E-state index contributed by atoms with van der Waals surface area (Å²) in [6, 6.07) is 6.06. The van der Waals surface area contributed by atoms with E-state index in [0.29, 0.717) is 45.5 Å². The number of H-pyrrole nitrogens is 1. The van der Waals surface area contributed by atoms with Crippen LogP contribution >= 0.6 is 0 Å². The van der Waals surface area contributed by atoms with Crippen molar-refractivity contribution in [2.45, 2.75) is 81.0 Å². The van der Waals surface area contributed by atoms with Gasteiger partial charge in [-0.05, 0) is 38.8 Å². The third kappa shape index (κ3) is 15.7. The van der Waals surface area contributed by atoms with Crippen LogP contribution in [0.2, 0.25) is 0 Å². The van der Waals surface area contributed by atoms with Crippen LogP contribution in [0.25, 0.3) is 22.3 Å². The Kier molecular flexibility index (Phi) is 18.2. The maximum absolute atomic E-state index is 13.6. The number of aromatic nitrogens is 7. The van der Waals surface area contributed by atoms with Gasteiger partial charge in [-0.1, -0.05) is 0 Å². The van der Waals surface area contributed by atoms with Crippen LogP contribution in [0.3, 0.4) is 0 Å². The molecule has 2 fully saturated rings. The van der Waals surface area contributed by atoms with Crippen LogP contribution < -0.4 is 4.74 Å². The van der Waals surface area contributed by atoms with Crippen molar-refractivity contribution in [1.29, 1.82) is 5.26 Å². The molecule has 1 saturated carbocycles. The molecule has 0 aromatic carbocycles. The van der Waals surface area contributed by atoms with Crippen LogP contribution in [0, 0.1) is 11.3 Å². The summed E-state index contributed by atoms with van der Waals surface area (Å²) in [6.07, 6.45) is -9.75. The minimum atomic E-state index is -5.08. The molecule has 0 amide bonds. The van der Waals surface area contributed by atoms with Gasteiger partial charge in [0.25, 0.3) is 0 Å². The van der Waals surface area contributed by atoms with E-state index in [1.807, 2.05) is 28.0 Å². The van der Waals surface area contributed by atoms with Crippen LogP contribution in [0.1, 0.15) is 43.6 Å². The molecule has 4 aromatic rings. The molecule has 18 nitrogen and oxygen atoms in total. The predicted molar refractivity (Wildman–Crippen MR) is 198 cm³/mol. The number of fused-ring (bicyclic) bond motifs is 1. The fraction of sp³-hybridized carbons (Fsp3) is 0.528. The topological polar surface area (TPSA) is 246 Å². The Labute approximate surface area is 363 Å². The first-order valence-electron chi connectivity index (χ1n) is 18.6. The fourth-order valence-corrected chi connectivity index (χ4v) is 6.30. The second kappa shape index (κ2) is 22.2. The molecule has 0 atom stereocenters. The molecule has 1 aliphatic heterocycles. The van der Waals surface area contributed by atoms with Crippen LogP contribution in [0.5, 0.6) is 5.88 Å². The molecule has 2 aliphatic rings. The molecule has 0 spiro atoms. The number of ether oxygens (including phenoxy) is 2. The first-order valence-corrected chi connectivity index (χ1v) is 18.6. The van der Waals surface area contributed by atoms with Gasteiger partial charge in [-0.2, -0.15) is 68.0 Å². The number of methoxy groups -OCH3 is 1. The largest absolute Gasteiger partial charge is 0.490 e. The number of nitriles is 1. The third-order valence-corrected chi connectivity index (χ3v) is 9.39. The molecular weight excluding hydrogens is 928 g/mol. The molecule has 0 radical (unpaired) electrons. The average Bonchev–Trinajstić information content (AvgIpc) is 3.89. The molecule has 5 heterocycles. The number of likely N-dealkylation sites (tertiary alicyclic amines) is 1. The molecule has 6 rings (SSSR count). The summed E-state index contributed by atoms with van der Waals surface area (Å²) in [6.45, 7) is 2.59. The first kappa shape index (κ1) is 54.0. The lowest BCUT2D eigenvalue weighted by Crippen LogP contribution is -2.65. The van der Waals surface area contributed by atoms with E-state index in [1.54, 1.807) is 20.4 Å². The summed E-state index contributed by atoms with van der Waals surface area (Å²) < 4.78 is 149. The standard InChI is InChI=1S/C30H35F3N10O2.3C2HF3O2/c1-41(11-12-44-2)16-21-13-25(40-28(39-21)30(31,32)33)45-23-5-3-22(4-6-23)42-17-29(18-42,8-9-34)43-15-20(14-38-43)26-24-7-10-35-27(24)37-19-36-26;3*3-2(4,5)1(6)7/h7,10,13-15,19,22-23H,3-6,8,11-12,16-18H2,1-2H3,(H,35,36,37);3*(H,6,7)/t22-,23+;;;. The molecule has 0 unspecified atom stereocenters. The smallest absolute Gasteiger partial charge is 0.475 e. The summed E-state index contributed by atoms with van der Waals surface area (Å²) in [5.74, 6) is -9.52. The quantitative estimate of drug-likeness (QED) is 0.127. The number of carbonyl (C=O) groups is 3. The van der Waals surface area contributed by atoms with Crippen molar-refractivity contribution in [3.63, 3.8) is 0 Å². The van der Waals surface area contributed by atoms with Crippen LogP contribution in [0.15, 0.2) is 37.1 Å². The molecular formula is C36H38F12N10O8. The highest BCUT2D eigenvalue weighted by Crippen LogP contribution is 2.39. The normalized spacial score (nSPS) is 17.4. The maximum atomic E-state index is 13.6. The van der Waals surface area contributed by atoms with Gasteiger partial charge in [-0.15, -0.1) is 0 Å². The Hall–Kier alpha value is -6.35. The van der Waals surface area contributed by atoms with Crippen molar-refractivity contribution in [1.82, 2.24) is 44.5 Å². The zero-order valence-electron chi connectivity index (χ0n) is 34.1. The number of likely N-dealkylation sites (N-methyl/N-ethyl adjacent to an activating group) is 1. The van der Waals surface area contributed by atoms with Gasteiger partial charge in [-0.25, -0.2) is 29.3 Å². The van der Waals surface area contributed by atoms with Gasteiger partial charge < -0.3 is 29.8 Å². The highest BCUT2D eigenvalue weighted by Gasteiger charge is 2.48. The number of nitrogens with zero attached hydrogens (tertiary/aromatic N) is 9. The third-order valence-electron chi connectivity index (χ3n) is 9.39. The summed E-state index contributed by atoms with van der Waals surface area (Å²) in [4.78, 5) is 50.1. The van der Waals surface area contributed by atoms with Gasteiger partial charge in [-0.3, -0.25) is 14.5 Å². The number of rotatable bonds is 11. The average molecular weight is 967 g/mol. The molecule has 1 aliphatic carbocycles. The number of hydrogen-bond donors (Lipinski definition) is 4. The Morgan fingerprint density at radius 3 is 1.97 bits per heavy atom. The number of alkyl halides is 12. The summed E-state index contributed by atoms with van der Waals surface area (Å²) in [7, 11) is 3.37. The van der Waals surface area contributed by atoms with Crippen molar-refractivity contribution in [2.24, 2.45) is 0 Å². The molecule has 0 bridgehead atoms. The number of aliphatic carboxylic acids is 3. The van der Waals surface area contributed by atoms with Gasteiger partial charge >= 0.3 is 42.6 Å². The van der Waals surface area contributed by atoms with Crippen molar-refractivity contribution >= 4 is 28.9 Å². The van der Waals surface area contributed by atoms with E-state index in [4.69, 9.17) is 39.2 Å². The zero-order valence-corrected chi connectivity index (χ0v) is 34.1. The number of halogens is 12. The second-order valence-corrected chi connectivity index (χ2v) is 14.3. The lowest BCUT2D eigenvalue weighted by atomic mass is 9.82. The van der Waals surface area contributed by atoms with Crippen LogP contribution in [-0.4, -0.2) is 149 Å².